The Morgan fingerprint density at radius 1 is 1.28 bits per heavy atom. The van der Waals surface area contributed by atoms with Crippen molar-refractivity contribution in [2.45, 2.75) is 6.18 Å². The fourth-order valence-corrected chi connectivity index (χ4v) is 1.11. The highest BCUT2D eigenvalue weighted by Crippen LogP contribution is 2.12. The van der Waals surface area contributed by atoms with Gasteiger partial charge in [0, 0.05) is 5.69 Å². The number of benzene rings is 1. The van der Waals surface area contributed by atoms with Gasteiger partial charge in [-0.1, -0.05) is 0 Å². The SMILES string of the molecule is N#Cc1ccc(NCC(=O)NCC(F)(F)F)cc1. The van der Waals surface area contributed by atoms with Gasteiger partial charge in [-0.3, -0.25) is 4.79 Å². The molecular weight excluding hydrogens is 247 g/mol. The lowest BCUT2D eigenvalue weighted by atomic mass is 10.2. The van der Waals surface area contributed by atoms with E-state index in [0.29, 0.717) is 11.3 Å². The third-order valence-corrected chi connectivity index (χ3v) is 1.95. The van der Waals surface area contributed by atoms with Crippen LogP contribution in [0.2, 0.25) is 0 Å². The molecule has 4 nitrogen and oxygen atoms in total. The van der Waals surface area contributed by atoms with Crippen molar-refractivity contribution in [3.63, 3.8) is 0 Å². The van der Waals surface area contributed by atoms with E-state index in [2.05, 4.69) is 5.32 Å². The summed E-state index contributed by atoms with van der Waals surface area (Å²) in [5, 5.41) is 12.9. The summed E-state index contributed by atoms with van der Waals surface area (Å²) in [6.07, 6.45) is -4.41. The van der Waals surface area contributed by atoms with Gasteiger partial charge in [0.15, 0.2) is 0 Å². The highest BCUT2D eigenvalue weighted by atomic mass is 19.4. The summed E-state index contributed by atoms with van der Waals surface area (Å²) in [6.45, 7) is -1.61. The summed E-state index contributed by atoms with van der Waals surface area (Å²) >= 11 is 0. The van der Waals surface area contributed by atoms with E-state index >= 15 is 0 Å². The highest BCUT2D eigenvalue weighted by molar-refractivity contribution is 5.80. The van der Waals surface area contributed by atoms with Crippen molar-refractivity contribution in [1.29, 1.82) is 5.26 Å². The second-order valence-electron chi connectivity index (χ2n) is 3.43. The smallest absolute Gasteiger partial charge is 0.376 e. The van der Waals surface area contributed by atoms with E-state index in [4.69, 9.17) is 5.26 Å². The zero-order chi connectivity index (χ0) is 13.6. The van der Waals surface area contributed by atoms with Crippen molar-refractivity contribution in [2.75, 3.05) is 18.4 Å². The van der Waals surface area contributed by atoms with Gasteiger partial charge in [-0.05, 0) is 24.3 Å². The molecule has 0 saturated carbocycles. The Morgan fingerprint density at radius 3 is 2.39 bits per heavy atom. The molecule has 96 valence electrons. The van der Waals surface area contributed by atoms with Gasteiger partial charge in [0.2, 0.25) is 5.91 Å². The van der Waals surface area contributed by atoms with Crippen LogP contribution in [0.1, 0.15) is 5.56 Å². The Hall–Kier alpha value is -2.23. The number of carbonyl (C=O) groups is 1. The molecule has 1 aromatic rings. The third kappa shape index (κ3) is 5.21. The minimum Gasteiger partial charge on any atom is -0.376 e. The summed E-state index contributed by atoms with van der Waals surface area (Å²) in [4.78, 5) is 11.1. The predicted molar refractivity (Wildman–Crippen MR) is 58.7 cm³/mol. The Kier molecular flexibility index (Phi) is 4.54. The minimum atomic E-state index is -4.41. The monoisotopic (exact) mass is 257 g/mol. The van der Waals surface area contributed by atoms with Gasteiger partial charge >= 0.3 is 6.18 Å². The molecule has 0 saturated heterocycles. The Balaban J connectivity index is 2.36. The molecule has 0 aromatic heterocycles. The van der Waals surface area contributed by atoms with Crippen LogP contribution < -0.4 is 10.6 Å². The van der Waals surface area contributed by atoms with Crippen LogP contribution in [0.5, 0.6) is 0 Å². The molecule has 0 heterocycles. The molecule has 1 rings (SSSR count). The summed E-state index contributed by atoms with van der Waals surface area (Å²) in [5.74, 6) is -0.753. The molecule has 0 spiro atoms. The number of halogens is 3. The van der Waals surface area contributed by atoms with E-state index in [1.54, 1.807) is 17.4 Å². The van der Waals surface area contributed by atoms with Gasteiger partial charge in [-0.2, -0.15) is 18.4 Å². The third-order valence-electron chi connectivity index (χ3n) is 1.95. The van der Waals surface area contributed by atoms with Gasteiger partial charge in [0.25, 0.3) is 0 Å². The maximum absolute atomic E-state index is 11.8. The molecule has 0 aliphatic rings. The second-order valence-corrected chi connectivity index (χ2v) is 3.43. The molecule has 0 bridgehead atoms. The molecule has 0 aliphatic carbocycles. The average molecular weight is 257 g/mol. The first-order valence-electron chi connectivity index (χ1n) is 4.98. The molecule has 18 heavy (non-hydrogen) atoms. The number of hydrogen-bond acceptors (Lipinski definition) is 3. The first-order valence-corrected chi connectivity index (χ1v) is 4.98. The Labute approximate surface area is 101 Å². The summed E-state index contributed by atoms with van der Waals surface area (Å²) in [6, 6.07) is 8.13. The number of rotatable bonds is 4. The molecule has 0 radical (unpaired) electrons. The average Bonchev–Trinajstić information content (AvgIpc) is 2.33. The van der Waals surface area contributed by atoms with Crippen molar-refractivity contribution in [3.05, 3.63) is 29.8 Å². The summed E-state index contributed by atoms with van der Waals surface area (Å²) in [5.41, 5.74) is 1.01. The van der Waals surface area contributed by atoms with E-state index in [1.165, 1.54) is 12.1 Å². The summed E-state index contributed by atoms with van der Waals surface area (Å²) in [7, 11) is 0. The predicted octanol–water partition coefficient (Wildman–Crippen LogP) is 1.65. The zero-order valence-electron chi connectivity index (χ0n) is 9.21. The zero-order valence-corrected chi connectivity index (χ0v) is 9.21. The first kappa shape index (κ1) is 13.8. The number of carbonyl (C=O) groups excluding carboxylic acids is 1. The van der Waals surface area contributed by atoms with Crippen LogP contribution in [-0.2, 0) is 4.79 Å². The molecule has 0 aliphatic heterocycles. The van der Waals surface area contributed by atoms with Crippen LogP contribution in [0.4, 0.5) is 18.9 Å². The lowest BCUT2D eigenvalue weighted by Gasteiger charge is -2.09. The standard InChI is InChI=1S/C11H10F3N3O/c12-11(13,14)7-17-10(18)6-16-9-3-1-8(5-15)2-4-9/h1-4,16H,6-7H2,(H,17,18). The van der Waals surface area contributed by atoms with E-state index in [1.807, 2.05) is 6.07 Å². The van der Waals surface area contributed by atoms with E-state index in [9.17, 15) is 18.0 Å². The molecular formula is C11H10F3N3O. The maximum atomic E-state index is 11.8. The molecule has 7 heteroatoms. The quantitative estimate of drug-likeness (QED) is 0.862. The van der Waals surface area contributed by atoms with Crippen LogP contribution in [0.3, 0.4) is 0 Å². The molecule has 0 unspecified atom stereocenters. The van der Waals surface area contributed by atoms with Crippen LogP contribution in [0, 0.1) is 11.3 Å². The van der Waals surface area contributed by atoms with Gasteiger partial charge in [-0.25, -0.2) is 0 Å². The van der Waals surface area contributed by atoms with Gasteiger partial charge in [0.05, 0.1) is 18.2 Å². The summed E-state index contributed by atoms with van der Waals surface area (Å²) < 4.78 is 35.4. The fraction of sp³-hybridized carbons (Fsp3) is 0.273. The maximum Gasteiger partial charge on any atom is 0.405 e. The Morgan fingerprint density at radius 2 is 1.89 bits per heavy atom. The normalized spacial score (nSPS) is 10.6. The van der Waals surface area contributed by atoms with Gasteiger partial charge in [0.1, 0.15) is 6.54 Å². The van der Waals surface area contributed by atoms with E-state index in [-0.39, 0.29) is 6.54 Å². The molecule has 0 fully saturated rings. The number of nitrogens with one attached hydrogen (secondary N) is 2. The van der Waals surface area contributed by atoms with Crippen molar-refractivity contribution >= 4 is 11.6 Å². The van der Waals surface area contributed by atoms with E-state index in [0.717, 1.165) is 0 Å². The second kappa shape index (κ2) is 5.91. The lowest BCUT2D eigenvalue weighted by molar-refractivity contribution is -0.137. The number of nitrogens with zero attached hydrogens (tertiary/aromatic N) is 1. The molecule has 2 N–H and O–H groups in total. The van der Waals surface area contributed by atoms with Crippen LogP contribution >= 0.6 is 0 Å². The van der Waals surface area contributed by atoms with E-state index < -0.39 is 18.6 Å². The number of amides is 1. The number of nitriles is 1. The van der Waals surface area contributed by atoms with Crippen molar-refractivity contribution in [1.82, 2.24) is 5.32 Å². The van der Waals surface area contributed by atoms with Crippen molar-refractivity contribution in [2.24, 2.45) is 0 Å². The largest absolute Gasteiger partial charge is 0.405 e. The minimum absolute atomic E-state index is 0.262. The van der Waals surface area contributed by atoms with Gasteiger partial charge in [-0.15, -0.1) is 0 Å². The van der Waals surface area contributed by atoms with Crippen LogP contribution in [0.15, 0.2) is 24.3 Å². The van der Waals surface area contributed by atoms with Crippen LogP contribution in [0.25, 0.3) is 0 Å². The highest BCUT2D eigenvalue weighted by Gasteiger charge is 2.27. The number of hydrogen-bond donors (Lipinski definition) is 2. The Bertz CT molecular complexity index is 448. The fourth-order valence-electron chi connectivity index (χ4n) is 1.11. The molecule has 1 aromatic carbocycles. The van der Waals surface area contributed by atoms with Crippen LogP contribution in [-0.4, -0.2) is 25.2 Å². The van der Waals surface area contributed by atoms with Gasteiger partial charge < -0.3 is 10.6 Å². The number of alkyl halides is 3. The molecule has 1 amide bonds. The number of anilines is 1. The first-order chi connectivity index (χ1) is 8.40. The lowest BCUT2D eigenvalue weighted by Crippen LogP contribution is -2.37. The van der Waals surface area contributed by atoms with Crippen molar-refractivity contribution < 1.29 is 18.0 Å². The molecule has 0 atom stereocenters. The topological polar surface area (TPSA) is 64.9 Å². The van der Waals surface area contributed by atoms with Crippen molar-refractivity contribution in [3.8, 4) is 6.07 Å².